The molecule has 1 heterocycles. The lowest BCUT2D eigenvalue weighted by Crippen LogP contribution is -2.50. The van der Waals surface area contributed by atoms with Gasteiger partial charge in [-0.25, -0.2) is 8.78 Å². The van der Waals surface area contributed by atoms with Crippen LogP contribution in [0.4, 0.5) is 14.5 Å². The molecule has 1 aromatic carbocycles. The van der Waals surface area contributed by atoms with Gasteiger partial charge in [-0.1, -0.05) is 15.9 Å². The molecule has 1 amide bonds. The van der Waals surface area contributed by atoms with Gasteiger partial charge in [0.1, 0.15) is 5.69 Å². The number of benzene rings is 1. The smallest absolute Gasteiger partial charge is 0.244 e. The summed E-state index contributed by atoms with van der Waals surface area (Å²) in [6.45, 7) is 0.340. The maximum atomic E-state index is 13.8. The van der Waals surface area contributed by atoms with Crippen molar-refractivity contribution in [2.24, 2.45) is 0 Å². The van der Waals surface area contributed by atoms with Crippen LogP contribution in [0.5, 0.6) is 0 Å². The summed E-state index contributed by atoms with van der Waals surface area (Å²) in [6.07, 6.45) is 1.40. The number of carbonyl (C=O) groups excluding carboxylic acids is 1. The number of piperidine rings is 1. The van der Waals surface area contributed by atoms with Crippen LogP contribution in [-0.2, 0) is 4.79 Å². The predicted molar refractivity (Wildman–Crippen MR) is 68.5 cm³/mol. The van der Waals surface area contributed by atoms with Gasteiger partial charge in [-0.2, -0.15) is 0 Å². The van der Waals surface area contributed by atoms with E-state index in [9.17, 15) is 13.6 Å². The minimum absolute atomic E-state index is 0.261. The highest BCUT2D eigenvalue weighted by molar-refractivity contribution is 9.10. The van der Waals surface area contributed by atoms with Crippen molar-refractivity contribution in [1.29, 1.82) is 0 Å². The number of nitrogens with one attached hydrogen (secondary N) is 1. The number of halogens is 3. The minimum atomic E-state index is -0.730. The number of anilines is 1. The minimum Gasteiger partial charge on any atom is -0.309 e. The van der Waals surface area contributed by atoms with Gasteiger partial charge in [0.25, 0.3) is 0 Å². The third-order valence-electron chi connectivity index (χ3n) is 3.04. The fraction of sp³-hybridized carbons (Fsp3) is 0.417. The van der Waals surface area contributed by atoms with Crippen LogP contribution in [0.25, 0.3) is 0 Å². The summed E-state index contributed by atoms with van der Waals surface area (Å²) in [5, 5.41) is 2.86. The third-order valence-corrected chi connectivity index (χ3v) is 3.50. The summed E-state index contributed by atoms with van der Waals surface area (Å²) < 4.78 is 27.9. The van der Waals surface area contributed by atoms with Crippen LogP contribution in [0.15, 0.2) is 16.6 Å². The summed E-state index contributed by atoms with van der Waals surface area (Å²) in [5.41, 5.74) is -0.261. The molecule has 18 heavy (non-hydrogen) atoms. The highest BCUT2D eigenvalue weighted by Crippen LogP contribution is 2.29. The number of hydrogen-bond donors (Lipinski definition) is 1. The van der Waals surface area contributed by atoms with Crippen molar-refractivity contribution in [2.45, 2.75) is 18.9 Å². The second-order valence-corrected chi connectivity index (χ2v) is 5.11. The SMILES string of the molecule is CNC1CCCN(c2c(F)cc(Br)cc2F)C1=O. The first kappa shape index (κ1) is 13.4. The first-order chi connectivity index (χ1) is 8.54. The molecule has 1 N–H and O–H groups in total. The molecule has 1 fully saturated rings. The van der Waals surface area contributed by atoms with Gasteiger partial charge in [0.15, 0.2) is 11.6 Å². The Morgan fingerprint density at radius 3 is 2.56 bits per heavy atom. The van der Waals surface area contributed by atoms with Gasteiger partial charge in [-0.15, -0.1) is 0 Å². The summed E-state index contributed by atoms with van der Waals surface area (Å²) in [6, 6.07) is 1.95. The second-order valence-electron chi connectivity index (χ2n) is 4.19. The molecular weight excluding hydrogens is 306 g/mol. The van der Waals surface area contributed by atoms with E-state index in [0.29, 0.717) is 23.9 Å². The van der Waals surface area contributed by atoms with Crippen molar-refractivity contribution in [1.82, 2.24) is 5.32 Å². The van der Waals surface area contributed by atoms with Crippen molar-refractivity contribution >= 4 is 27.5 Å². The Hall–Kier alpha value is -1.01. The first-order valence-electron chi connectivity index (χ1n) is 5.67. The Labute approximate surface area is 112 Å². The van der Waals surface area contributed by atoms with Gasteiger partial charge in [0.05, 0.1) is 6.04 Å². The van der Waals surface area contributed by atoms with Crippen LogP contribution in [0, 0.1) is 11.6 Å². The standard InChI is InChI=1S/C12H13BrF2N2O/c1-16-10-3-2-4-17(12(10)18)11-8(14)5-7(13)6-9(11)15/h5-6,10,16H,2-4H2,1H3. The van der Waals surface area contributed by atoms with Crippen molar-refractivity contribution in [3.05, 3.63) is 28.2 Å². The molecule has 1 saturated heterocycles. The van der Waals surface area contributed by atoms with Crippen LogP contribution in [0.2, 0.25) is 0 Å². The average molecular weight is 319 g/mol. The van der Waals surface area contributed by atoms with Crippen LogP contribution >= 0.6 is 15.9 Å². The van der Waals surface area contributed by atoms with Gasteiger partial charge in [0, 0.05) is 11.0 Å². The Morgan fingerprint density at radius 2 is 2.00 bits per heavy atom. The quantitative estimate of drug-likeness (QED) is 0.908. The largest absolute Gasteiger partial charge is 0.309 e. The Kier molecular flexibility index (Phi) is 3.97. The highest BCUT2D eigenvalue weighted by Gasteiger charge is 2.31. The molecule has 2 rings (SSSR count). The van der Waals surface area contributed by atoms with Crippen LogP contribution < -0.4 is 10.2 Å². The van der Waals surface area contributed by atoms with Crippen molar-refractivity contribution in [3.8, 4) is 0 Å². The molecule has 0 saturated carbocycles. The molecule has 1 aliphatic rings. The predicted octanol–water partition coefficient (Wildman–Crippen LogP) is 2.44. The van der Waals surface area contributed by atoms with E-state index < -0.39 is 11.6 Å². The number of hydrogen-bond acceptors (Lipinski definition) is 2. The van der Waals surface area contributed by atoms with E-state index in [0.717, 1.165) is 12.1 Å². The summed E-state index contributed by atoms with van der Waals surface area (Å²) in [5.74, 6) is -1.75. The summed E-state index contributed by atoms with van der Waals surface area (Å²) in [7, 11) is 1.67. The molecule has 1 aliphatic heterocycles. The molecule has 0 aromatic heterocycles. The summed E-state index contributed by atoms with van der Waals surface area (Å²) in [4.78, 5) is 13.2. The molecule has 0 aliphatic carbocycles. The maximum Gasteiger partial charge on any atom is 0.244 e. The van der Waals surface area contributed by atoms with Gasteiger partial charge in [-0.3, -0.25) is 4.79 Å². The zero-order chi connectivity index (χ0) is 13.3. The molecule has 0 radical (unpaired) electrons. The van der Waals surface area contributed by atoms with Crippen molar-refractivity contribution in [3.63, 3.8) is 0 Å². The third kappa shape index (κ3) is 2.40. The Morgan fingerprint density at radius 1 is 1.39 bits per heavy atom. The molecule has 3 nitrogen and oxygen atoms in total. The Bertz CT molecular complexity index is 458. The number of carbonyl (C=O) groups is 1. The Balaban J connectivity index is 2.39. The van der Waals surface area contributed by atoms with E-state index in [2.05, 4.69) is 21.2 Å². The van der Waals surface area contributed by atoms with E-state index >= 15 is 0 Å². The summed E-state index contributed by atoms with van der Waals surface area (Å²) >= 11 is 3.02. The van der Waals surface area contributed by atoms with Crippen molar-refractivity contribution in [2.75, 3.05) is 18.5 Å². The fourth-order valence-electron chi connectivity index (χ4n) is 2.16. The lowest BCUT2D eigenvalue weighted by Gasteiger charge is -2.32. The van der Waals surface area contributed by atoms with Gasteiger partial charge >= 0.3 is 0 Å². The van der Waals surface area contributed by atoms with E-state index in [-0.39, 0.29) is 17.6 Å². The molecule has 0 bridgehead atoms. The van der Waals surface area contributed by atoms with Gasteiger partial charge in [0.2, 0.25) is 5.91 Å². The van der Waals surface area contributed by atoms with E-state index in [4.69, 9.17) is 0 Å². The van der Waals surface area contributed by atoms with E-state index in [1.807, 2.05) is 0 Å². The zero-order valence-electron chi connectivity index (χ0n) is 9.84. The fourth-order valence-corrected chi connectivity index (χ4v) is 2.56. The number of amides is 1. The molecule has 98 valence electrons. The molecule has 1 atom stereocenters. The topological polar surface area (TPSA) is 32.3 Å². The number of likely N-dealkylation sites (N-methyl/N-ethyl adjacent to an activating group) is 1. The number of nitrogens with zero attached hydrogens (tertiary/aromatic N) is 1. The maximum absolute atomic E-state index is 13.8. The normalized spacial score (nSPS) is 20.3. The molecule has 1 aromatic rings. The molecule has 6 heteroatoms. The van der Waals surface area contributed by atoms with Crippen LogP contribution in [0.1, 0.15) is 12.8 Å². The van der Waals surface area contributed by atoms with E-state index in [1.54, 1.807) is 7.05 Å². The highest BCUT2D eigenvalue weighted by atomic mass is 79.9. The molecular formula is C12H13BrF2N2O. The monoisotopic (exact) mass is 318 g/mol. The molecule has 0 spiro atoms. The van der Waals surface area contributed by atoms with Gasteiger partial charge < -0.3 is 10.2 Å². The second kappa shape index (κ2) is 5.32. The van der Waals surface area contributed by atoms with Crippen LogP contribution in [-0.4, -0.2) is 25.5 Å². The first-order valence-corrected chi connectivity index (χ1v) is 6.47. The van der Waals surface area contributed by atoms with E-state index in [1.165, 1.54) is 4.90 Å². The average Bonchev–Trinajstić information content (AvgIpc) is 2.30. The molecule has 1 unspecified atom stereocenters. The van der Waals surface area contributed by atoms with Gasteiger partial charge in [-0.05, 0) is 32.0 Å². The van der Waals surface area contributed by atoms with Crippen molar-refractivity contribution < 1.29 is 13.6 Å². The zero-order valence-corrected chi connectivity index (χ0v) is 11.4. The van der Waals surface area contributed by atoms with Crippen LogP contribution in [0.3, 0.4) is 0 Å². The lowest BCUT2D eigenvalue weighted by atomic mass is 10.0. The number of rotatable bonds is 2. The lowest BCUT2D eigenvalue weighted by molar-refractivity contribution is -0.121.